The molecule has 570 valence electrons. The van der Waals surface area contributed by atoms with E-state index in [9.17, 15) is 43.2 Å². The summed E-state index contributed by atoms with van der Waals surface area (Å²) in [6.07, 6.45) is 51.2. The Labute approximate surface area is 588 Å². The molecule has 0 amide bonds. The van der Waals surface area contributed by atoms with Crippen LogP contribution in [0.5, 0.6) is 0 Å². The summed E-state index contributed by atoms with van der Waals surface area (Å²) in [6, 6.07) is 0. The normalized spacial score (nSPS) is 14.7. The summed E-state index contributed by atoms with van der Waals surface area (Å²) in [7, 11) is -9.92. The average molecular weight is 1410 g/mol. The minimum absolute atomic E-state index is 0.106. The number of carbonyl (C=O) groups excluding carboxylic acids is 4. The van der Waals surface area contributed by atoms with E-state index in [-0.39, 0.29) is 25.7 Å². The van der Waals surface area contributed by atoms with Gasteiger partial charge in [0, 0.05) is 25.7 Å². The van der Waals surface area contributed by atoms with E-state index in [4.69, 9.17) is 37.0 Å². The Bertz CT molecular complexity index is 1890. The molecule has 0 bridgehead atoms. The highest BCUT2D eigenvalue weighted by molar-refractivity contribution is 7.47. The molecule has 0 aromatic heterocycles. The first kappa shape index (κ1) is 94.1. The smallest absolute Gasteiger partial charge is 0.462 e. The van der Waals surface area contributed by atoms with E-state index in [0.717, 1.165) is 114 Å². The van der Waals surface area contributed by atoms with Crippen LogP contribution in [-0.4, -0.2) is 96.7 Å². The summed E-state index contributed by atoms with van der Waals surface area (Å²) < 4.78 is 68.6. The van der Waals surface area contributed by atoms with Gasteiger partial charge in [0.05, 0.1) is 26.4 Å². The molecule has 0 aliphatic carbocycles. The molecule has 96 heavy (non-hydrogen) atoms. The van der Waals surface area contributed by atoms with Crippen molar-refractivity contribution in [2.45, 2.75) is 408 Å². The average Bonchev–Trinajstić information content (AvgIpc) is 1.12. The maximum Gasteiger partial charge on any atom is 0.472 e. The highest BCUT2D eigenvalue weighted by Crippen LogP contribution is 2.45. The van der Waals surface area contributed by atoms with Gasteiger partial charge < -0.3 is 33.8 Å². The fourth-order valence-corrected chi connectivity index (χ4v) is 13.2. The van der Waals surface area contributed by atoms with E-state index in [2.05, 4.69) is 55.4 Å². The Morgan fingerprint density at radius 2 is 0.500 bits per heavy atom. The highest BCUT2D eigenvalue weighted by atomic mass is 31.2. The lowest BCUT2D eigenvalue weighted by atomic mass is 9.99. The largest absolute Gasteiger partial charge is 0.472 e. The summed E-state index contributed by atoms with van der Waals surface area (Å²) in [5.74, 6) is 1.01. The second kappa shape index (κ2) is 66.3. The Kier molecular flexibility index (Phi) is 65.0. The van der Waals surface area contributed by atoms with Gasteiger partial charge in [-0.1, -0.05) is 338 Å². The topological polar surface area (TPSA) is 237 Å². The molecular formula is C77H150O17P2. The zero-order valence-corrected chi connectivity index (χ0v) is 64.8. The first-order valence-electron chi connectivity index (χ1n) is 39.8. The lowest BCUT2D eigenvalue weighted by molar-refractivity contribution is -0.161. The second-order valence-corrected chi connectivity index (χ2v) is 32.1. The number of hydrogen-bond acceptors (Lipinski definition) is 15. The standard InChI is InChI=1S/C77H150O17P2/c1-9-69(7)55-47-39-31-23-17-13-11-12-14-18-26-34-43-51-59-76(81)94-73(64-88-75(80)58-50-42-36-28-30-38-46-54-68(5)6)66-92-96(85,86)90-62-71(78)61-89-95(83,84)91-65-72(93-77(82)60-52-44-35-27-21-20-24-32-40-48-56-70(8)10-2)63-87-74(79)57-49-41-33-25-19-15-16-22-29-37-45-53-67(3)4/h67-73,78H,9-66H2,1-8H3,(H,83,84)(H,85,86)/t69?,70?,71?,72-,73-/m1/s1. The van der Waals surface area contributed by atoms with Crippen LogP contribution in [0.1, 0.15) is 389 Å². The van der Waals surface area contributed by atoms with Crippen LogP contribution in [0.15, 0.2) is 0 Å². The van der Waals surface area contributed by atoms with Gasteiger partial charge in [-0.2, -0.15) is 0 Å². The number of aliphatic hydroxyl groups excluding tert-OH is 1. The quantitative estimate of drug-likeness (QED) is 0.0222. The van der Waals surface area contributed by atoms with Gasteiger partial charge in [-0.15, -0.1) is 0 Å². The van der Waals surface area contributed by atoms with Gasteiger partial charge in [0.2, 0.25) is 0 Å². The number of unbranched alkanes of at least 4 members (excludes halogenated alkanes) is 38. The number of rotatable bonds is 74. The van der Waals surface area contributed by atoms with E-state index in [1.54, 1.807) is 0 Å². The maximum atomic E-state index is 13.1. The SMILES string of the molecule is CCC(C)CCCCCCCCCCCCCCCCC(=O)O[C@H](COC(=O)CCCCCCCCCC(C)C)COP(=O)(O)OCC(O)COP(=O)(O)OC[C@@H](COC(=O)CCCCCCCCCCCCCC(C)C)OC(=O)CCCCCCCCCCCCC(C)CC. The summed E-state index contributed by atoms with van der Waals surface area (Å²) in [6.45, 7) is 14.2. The molecule has 0 rings (SSSR count). The monoisotopic (exact) mass is 1410 g/mol. The van der Waals surface area contributed by atoms with E-state index in [1.807, 2.05) is 0 Å². The number of ether oxygens (including phenoxy) is 4. The number of carbonyl (C=O) groups is 4. The Hall–Kier alpha value is -1.94. The van der Waals surface area contributed by atoms with Gasteiger partial charge >= 0.3 is 39.5 Å². The number of phosphoric acid groups is 2. The Morgan fingerprint density at radius 1 is 0.292 bits per heavy atom. The van der Waals surface area contributed by atoms with Gasteiger partial charge in [-0.3, -0.25) is 37.3 Å². The third kappa shape index (κ3) is 67.9. The van der Waals surface area contributed by atoms with Crippen LogP contribution in [-0.2, 0) is 65.4 Å². The van der Waals surface area contributed by atoms with Gasteiger partial charge in [-0.05, 0) is 49.4 Å². The van der Waals surface area contributed by atoms with Crippen molar-refractivity contribution in [2.24, 2.45) is 23.7 Å². The predicted octanol–water partition coefficient (Wildman–Crippen LogP) is 22.4. The molecule has 0 aromatic rings. The molecule has 0 fully saturated rings. The summed E-state index contributed by atoms with van der Waals surface area (Å²) in [5, 5.41) is 10.6. The number of hydrogen-bond donors (Lipinski definition) is 3. The van der Waals surface area contributed by atoms with Crippen LogP contribution in [0, 0.1) is 23.7 Å². The molecule has 5 unspecified atom stereocenters. The molecule has 0 spiro atoms. The Morgan fingerprint density at radius 3 is 0.740 bits per heavy atom. The lowest BCUT2D eigenvalue weighted by Gasteiger charge is -2.21. The minimum Gasteiger partial charge on any atom is -0.462 e. The maximum absolute atomic E-state index is 13.1. The van der Waals surface area contributed by atoms with Crippen molar-refractivity contribution in [3.05, 3.63) is 0 Å². The second-order valence-electron chi connectivity index (χ2n) is 29.2. The molecule has 3 N–H and O–H groups in total. The van der Waals surface area contributed by atoms with E-state index in [1.165, 1.54) is 186 Å². The summed E-state index contributed by atoms with van der Waals surface area (Å²) in [4.78, 5) is 72.9. The molecule has 7 atom stereocenters. The summed E-state index contributed by atoms with van der Waals surface area (Å²) >= 11 is 0. The van der Waals surface area contributed by atoms with Crippen molar-refractivity contribution in [3.8, 4) is 0 Å². The predicted molar refractivity (Wildman–Crippen MR) is 391 cm³/mol. The van der Waals surface area contributed by atoms with Gasteiger partial charge in [0.15, 0.2) is 12.2 Å². The van der Waals surface area contributed by atoms with Crippen molar-refractivity contribution in [1.82, 2.24) is 0 Å². The van der Waals surface area contributed by atoms with E-state index in [0.29, 0.717) is 31.6 Å². The van der Waals surface area contributed by atoms with Crippen LogP contribution >= 0.6 is 15.6 Å². The van der Waals surface area contributed by atoms with Crippen molar-refractivity contribution < 1.29 is 80.2 Å². The van der Waals surface area contributed by atoms with Crippen LogP contribution in [0.2, 0.25) is 0 Å². The van der Waals surface area contributed by atoms with Crippen molar-refractivity contribution in [1.29, 1.82) is 0 Å². The molecule has 0 aromatic carbocycles. The van der Waals surface area contributed by atoms with Gasteiger partial charge in [-0.25, -0.2) is 9.13 Å². The first-order valence-corrected chi connectivity index (χ1v) is 42.8. The van der Waals surface area contributed by atoms with Crippen LogP contribution in [0.3, 0.4) is 0 Å². The minimum atomic E-state index is -4.96. The molecule has 0 aliphatic rings. The highest BCUT2D eigenvalue weighted by Gasteiger charge is 2.30. The van der Waals surface area contributed by atoms with Gasteiger partial charge in [0.25, 0.3) is 0 Å². The van der Waals surface area contributed by atoms with Crippen LogP contribution in [0.4, 0.5) is 0 Å². The van der Waals surface area contributed by atoms with Gasteiger partial charge in [0.1, 0.15) is 19.3 Å². The number of esters is 4. The lowest BCUT2D eigenvalue weighted by Crippen LogP contribution is -2.30. The molecule has 17 nitrogen and oxygen atoms in total. The molecular weight excluding hydrogens is 1260 g/mol. The third-order valence-corrected chi connectivity index (χ3v) is 20.4. The zero-order valence-electron chi connectivity index (χ0n) is 63.0. The third-order valence-electron chi connectivity index (χ3n) is 18.5. The van der Waals surface area contributed by atoms with E-state index < -0.39 is 97.5 Å². The van der Waals surface area contributed by atoms with Crippen LogP contribution < -0.4 is 0 Å². The fourth-order valence-electron chi connectivity index (χ4n) is 11.7. The zero-order chi connectivity index (χ0) is 71.0. The number of phosphoric ester groups is 2. The fraction of sp³-hybridized carbons (Fsp3) is 0.948. The molecule has 0 heterocycles. The van der Waals surface area contributed by atoms with Crippen molar-refractivity contribution in [2.75, 3.05) is 39.6 Å². The summed E-state index contributed by atoms with van der Waals surface area (Å²) in [5.41, 5.74) is 0. The van der Waals surface area contributed by atoms with E-state index >= 15 is 0 Å². The van der Waals surface area contributed by atoms with Crippen LogP contribution in [0.25, 0.3) is 0 Å². The van der Waals surface area contributed by atoms with Crippen molar-refractivity contribution >= 4 is 39.5 Å². The molecule has 0 aliphatic heterocycles. The molecule has 0 saturated heterocycles. The molecule has 0 saturated carbocycles. The van der Waals surface area contributed by atoms with Crippen molar-refractivity contribution in [3.63, 3.8) is 0 Å². The molecule has 19 heteroatoms. The molecule has 0 radical (unpaired) electrons. The number of aliphatic hydroxyl groups is 1. The Balaban J connectivity index is 5.25. The first-order chi connectivity index (χ1) is 46.2.